The second-order valence-corrected chi connectivity index (χ2v) is 2.19. The molecule has 70 valence electrons. The number of hydrogen-bond donors (Lipinski definition) is 2. The topological polar surface area (TPSA) is 74.6 Å². The minimum atomic E-state index is -1.06. The van der Waals surface area contributed by atoms with Crippen LogP contribution in [0.5, 0.6) is 0 Å². The molecule has 0 amide bonds. The van der Waals surface area contributed by atoms with Crippen molar-refractivity contribution >= 4 is 28.9 Å². The van der Waals surface area contributed by atoms with E-state index in [0.717, 1.165) is 0 Å². The number of aromatic carboxylic acids is 2. The van der Waals surface area contributed by atoms with Crippen LogP contribution >= 0.6 is 17.0 Å². The summed E-state index contributed by atoms with van der Waals surface area (Å²) in [5.41, 5.74) is 0.167. The molecule has 0 saturated heterocycles. The van der Waals surface area contributed by atoms with Gasteiger partial charge in [-0.15, -0.1) is 17.0 Å². The first-order valence-electron chi connectivity index (χ1n) is 3.18. The summed E-state index contributed by atoms with van der Waals surface area (Å²) in [6.07, 6.45) is 0. The van der Waals surface area contributed by atoms with Crippen LogP contribution in [0.2, 0.25) is 0 Å². The highest BCUT2D eigenvalue weighted by atomic mass is 79.9. The minimum absolute atomic E-state index is 0. The quantitative estimate of drug-likeness (QED) is 0.833. The molecule has 1 rings (SSSR count). The van der Waals surface area contributed by atoms with Crippen molar-refractivity contribution in [2.45, 2.75) is 0 Å². The molecule has 4 nitrogen and oxygen atoms in total. The van der Waals surface area contributed by atoms with Crippen molar-refractivity contribution in [1.29, 1.82) is 0 Å². The molecule has 0 aliphatic heterocycles. The minimum Gasteiger partial charge on any atom is -0.478 e. The van der Waals surface area contributed by atoms with Gasteiger partial charge in [-0.3, -0.25) is 0 Å². The Morgan fingerprint density at radius 1 is 0.846 bits per heavy atom. The van der Waals surface area contributed by atoms with Crippen molar-refractivity contribution in [3.63, 3.8) is 0 Å². The highest BCUT2D eigenvalue weighted by molar-refractivity contribution is 8.93. The lowest BCUT2D eigenvalue weighted by Crippen LogP contribution is -1.99. The van der Waals surface area contributed by atoms with E-state index in [1.165, 1.54) is 24.3 Å². The predicted molar refractivity (Wildman–Crippen MR) is 50.7 cm³/mol. The number of carboxylic acid groups (broad SMARTS) is 2. The molecule has 0 atom stereocenters. The van der Waals surface area contributed by atoms with Crippen LogP contribution in [0.4, 0.5) is 0 Å². The van der Waals surface area contributed by atoms with Crippen LogP contribution in [0, 0.1) is 0 Å². The molecule has 1 aromatic carbocycles. The second-order valence-electron chi connectivity index (χ2n) is 2.19. The van der Waals surface area contributed by atoms with Crippen LogP contribution in [0.1, 0.15) is 20.7 Å². The van der Waals surface area contributed by atoms with Crippen LogP contribution < -0.4 is 0 Å². The second kappa shape index (κ2) is 4.61. The molecule has 0 aliphatic carbocycles. The van der Waals surface area contributed by atoms with E-state index in [0.29, 0.717) is 0 Å². The monoisotopic (exact) mass is 246 g/mol. The van der Waals surface area contributed by atoms with Crippen molar-refractivity contribution in [2.75, 3.05) is 0 Å². The molecule has 0 aromatic heterocycles. The van der Waals surface area contributed by atoms with E-state index in [9.17, 15) is 9.59 Å². The molecule has 0 radical (unpaired) electrons. The fourth-order valence-electron chi connectivity index (χ4n) is 0.755. The Bertz CT molecular complexity index is 284. The van der Waals surface area contributed by atoms with Crippen LogP contribution in [0.15, 0.2) is 24.3 Å². The van der Waals surface area contributed by atoms with Gasteiger partial charge in [-0.2, -0.15) is 0 Å². The SMILES string of the molecule is Br.O=C(O)c1ccc(C(=O)O)cc1. The summed E-state index contributed by atoms with van der Waals surface area (Å²) in [5, 5.41) is 16.9. The molecule has 2 N–H and O–H groups in total. The van der Waals surface area contributed by atoms with E-state index in [-0.39, 0.29) is 28.1 Å². The number of rotatable bonds is 2. The van der Waals surface area contributed by atoms with Gasteiger partial charge in [-0.1, -0.05) is 0 Å². The lowest BCUT2D eigenvalue weighted by atomic mass is 10.1. The third-order valence-electron chi connectivity index (χ3n) is 1.38. The van der Waals surface area contributed by atoms with Crippen molar-refractivity contribution in [3.05, 3.63) is 35.4 Å². The van der Waals surface area contributed by atoms with E-state index in [1.54, 1.807) is 0 Å². The summed E-state index contributed by atoms with van der Waals surface area (Å²) in [6, 6.07) is 5.02. The van der Waals surface area contributed by atoms with Crippen molar-refractivity contribution in [3.8, 4) is 0 Å². The van der Waals surface area contributed by atoms with Gasteiger partial charge in [-0.05, 0) is 24.3 Å². The molecule has 0 bridgehead atoms. The van der Waals surface area contributed by atoms with Gasteiger partial charge >= 0.3 is 11.9 Å². The molecule has 0 fully saturated rings. The van der Waals surface area contributed by atoms with Crippen molar-refractivity contribution in [2.24, 2.45) is 0 Å². The largest absolute Gasteiger partial charge is 0.478 e. The number of halogens is 1. The molecule has 5 heteroatoms. The fraction of sp³-hybridized carbons (Fsp3) is 0. The molecular weight excluding hydrogens is 240 g/mol. The Balaban J connectivity index is 0.00000144. The zero-order valence-electron chi connectivity index (χ0n) is 6.43. The van der Waals surface area contributed by atoms with Gasteiger partial charge in [-0.25, -0.2) is 9.59 Å². The Morgan fingerprint density at radius 2 is 1.08 bits per heavy atom. The van der Waals surface area contributed by atoms with Crippen LogP contribution in [0.25, 0.3) is 0 Å². The standard InChI is InChI=1S/C8H6O4.BrH/c9-7(10)5-1-2-6(4-3-5)8(11)12;/h1-4H,(H,9,10)(H,11,12);1H. The van der Waals surface area contributed by atoms with Crippen molar-refractivity contribution < 1.29 is 19.8 Å². The normalized spacial score (nSPS) is 8.62. The van der Waals surface area contributed by atoms with Gasteiger partial charge in [0.05, 0.1) is 11.1 Å². The Morgan fingerprint density at radius 3 is 1.23 bits per heavy atom. The van der Waals surface area contributed by atoms with Gasteiger partial charge in [0.1, 0.15) is 0 Å². The average molecular weight is 247 g/mol. The van der Waals surface area contributed by atoms with E-state index in [4.69, 9.17) is 10.2 Å². The first-order chi connectivity index (χ1) is 5.61. The zero-order chi connectivity index (χ0) is 9.14. The van der Waals surface area contributed by atoms with E-state index < -0.39 is 11.9 Å². The lowest BCUT2D eigenvalue weighted by Gasteiger charge is -1.94. The summed E-state index contributed by atoms with van der Waals surface area (Å²) in [5.74, 6) is -2.13. The molecule has 0 unspecified atom stereocenters. The molecule has 0 spiro atoms. The summed E-state index contributed by atoms with van der Waals surface area (Å²) < 4.78 is 0. The first kappa shape index (κ1) is 11.6. The third-order valence-corrected chi connectivity index (χ3v) is 1.38. The Hall–Kier alpha value is -1.36. The zero-order valence-corrected chi connectivity index (χ0v) is 8.14. The summed E-state index contributed by atoms with van der Waals surface area (Å²) in [7, 11) is 0. The fourth-order valence-corrected chi connectivity index (χ4v) is 0.755. The van der Waals surface area contributed by atoms with Crippen molar-refractivity contribution in [1.82, 2.24) is 0 Å². The van der Waals surface area contributed by atoms with Crippen LogP contribution in [-0.4, -0.2) is 22.2 Å². The van der Waals surface area contributed by atoms with Crippen LogP contribution in [0.3, 0.4) is 0 Å². The lowest BCUT2D eigenvalue weighted by molar-refractivity contribution is 0.0681. The summed E-state index contributed by atoms with van der Waals surface area (Å²) in [6.45, 7) is 0. The Kier molecular flexibility index (Phi) is 4.13. The number of carbonyl (C=O) groups is 2. The molecular formula is C8H7BrO4. The molecule has 1 aromatic rings. The number of hydrogen-bond acceptors (Lipinski definition) is 2. The molecule has 0 heterocycles. The highest BCUT2D eigenvalue weighted by Gasteiger charge is 2.04. The average Bonchev–Trinajstić information content (AvgIpc) is 2.04. The Labute approximate surface area is 84.6 Å². The first-order valence-corrected chi connectivity index (χ1v) is 3.18. The molecule has 0 aliphatic rings. The third kappa shape index (κ3) is 2.87. The molecule has 0 saturated carbocycles. The van der Waals surface area contributed by atoms with E-state index in [2.05, 4.69) is 0 Å². The van der Waals surface area contributed by atoms with E-state index >= 15 is 0 Å². The number of benzene rings is 1. The molecule has 13 heavy (non-hydrogen) atoms. The predicted octanol–water partition coefficient (Wildman–Crippen LogP) is 1.66. The maximum Gasteiger partial charge on any atom is 0.335 e. The van der Waals surface area contributed by atoms with Gasteiger partial charge in [0.25, 0.3) is 0 Å². The maximum absolute atomic E-state index is 10.3. The van der Waals surface area contributed by atoms with E-state index in [1.807, 2.05) is 0 Å². The van der Waals surface area contributed by atoms with Gasteiger partial charge in [0, 0.05) is 0 Å². The van der Waals surface area contributed by atoms with Gasteiger partial charge < -0.3 is 10.2 Å². The number of carboxylic acids is 2. The van der Waals surface area contributed by atoms with Gasteiger partial charge in [0.2, 0.25) is 0 Å². The summed E-state index contributed by atoms with van der Waals surface area (Å²) >= 11 is 0. The summed E-state index contributed by atoms with van der Waals surface area (Å²) in [4.78, 5) is 20.7. The maximum atomic E-state index is 10.3. The smallest absolute Gasteiger partial charge is 0.335 e. The highest BCUT2D eigenvalue weighted by Crippen LogP contribution is 2.03. The van der Waals surface area contributed by atoms with Crippen LogP contribution in [-0.2, 0) is 0 Å². The van der Waals surface area contributed by atoms with Gasteiger partial charge in [0.15, 0.2) is 0 Å².